The molecule has 1 N–H and O–H groups in total. The van der Waals surface area contributed by atoms with Crippen molar-refractivity contribution in [3.8, 4) is 0 Å². The number of hydrogen-bond acceptors (Lipinski definition) is 2. The fourth-order valence-electron chi connectivity index (χ4n) is 1.67. The molecule has 0 saturated carbocycles. The number of nitrogens with zero attached hydrogens (tertiary/aromatic N) is 1. The second kappa shape index (κ2) is 4.50. The summed E-state index contributed by atoms with van der Waals surface area (Å²) < 4.78 is 24.0. The normalized spacial score (nSPS) is 25.0. The molecule has 1 aliphatic rings. The lowest BCUT2D eigenvalue weighted by molar-refractivity contribution is -0.145. The Balaban J connectivity index is 2.51. The minimum absolute atomic E-state index is 0.420. The molecule has 0 radical (unpaired) electrons. The van der Waals surface area contributed by atoms with E-state index in [-0.39, 0.29) is 0 Å². The number of piperidine rings is 1. The van der Waals surface area contributed by atoms with E-state index in [0.29, 0.717) is 13.0 Å². The predicted molar refractivity (Wildman–Crippen MR) is 42.9 cm³/mol. The van der Waals surface area contributed by atoms with E-state index in [1.807, 2.05) is 0 Å². The van der Waals surface area contributed by atoms with Crippen molar-refractivity contribution >= 4 is 5.97 Å². The molecule has 1 fully saturated rings. The SMILES string of the molecule is O=C(O)[C@@H]1CCCCN1CC(F)F. The van der Waals surface area contributed by atoms with Crippen molar-refractivity contribution in [1.82, 2.24) is 4.90 Å². The first-order chi connectivity index (χ1) is 6.11. The molecule has 5 heteroatoms. The summed E-state index contributed by atoms with van der Waals surface area (Å²) in [5, 5.41) is 8.73. The van der Waals surface area contributed by atoms with Crippen molar-refractivity contribution in [3.05, 3.63) is 0 Å². The van der Waals surface area contributed by atoms with Crippen LogP contribution < -0.4 is 0 Å². The molecule has 0 aromatic carbocycles. The lowest BCUT2D eigenvalue weighted by atomic mass is 10.0. The summed E-state index contributed by atoms with van der Waals surface area (Å²) in [5.74, 6) is -0.986. The van der Waals surface area contributed by atoms with Gasteiger partial charge in [0.1, 0.15) is 6.04 Å². The van der Waals surface area contributed by atoms with Gasteiger partial charge in [-0.15, -0.1) is 0 Å². The molecule has 0 aromatic rings. The first kappa shape index (κ1) is 10.4. The second-order valence-electron chi connectivity index (χ2n) is 3.24. The highest BCUT2D eigenvalue weighted by atomic mass is 19.3. The molecule has 0 aliphatic carbocycles. The highest BCUT2D eigenvalue weighted by Gasteiger charge is 2.29. The van der Waals surface area contributed by atoms with Crippen LogP contribution in [-0.4, -0.2) is 41.5 Å². The molecule has 1 rings (SSSR count). The largest absolute Gasteiger partial charge is 0.480 e. The summed E-state index contributed by atoms with van der Waals surface area (Å²) in [6.45, 7) is 0.0538. The van der Waals surface area contributed by atoms with E-state index >= 15 is 0 Å². The number of halogens is 2. The van der Waals surface area contributed by atoms with Crippen molar-refractivity contribution in [2.75, 3.05) is 13.1 Å². The maximum absolute atomic E-state index is 12.0. The lowest BCUT2D eigenvalue weighted by Crippen LogP contribution is -2.46. The number of hydrogen-bond donors (Lipinski definition) is 1. The molecule has 76 valence electrons. The Kier molecular flexibility index (Phi) is 3.59. The van der Waals surface area contributed by atoms with E-state index in [2.05, 4.69) is 0 Å². The van der Waals surface area contributed by atoms with E-state index in [4.69, 9.17) is 5.11 Å². The summed E-state index contributed by atoms with van der Waals surface area (Å²) in [6, 6.07) is -0.706. The van der Waals surface area contributed by atoms with Crippen molar-refractivity contribution in [3.63, 3.8) is 0 Å². The number of rotatable bonds is 3. The standard InChI is InChI=1S/C8H13F2NO2/c9-7(10)5-11-4-2-1-3-6(11)8(12)13/h6-7H,1-5H2,(H,12,13)/t6-/m0/s1. The van der Waals surface area contributed by atoms with Crippen molar-refractivity contribution in [1.29, 1.82) is 0 Å². The number of carboxylic acids is 1. The van der Waals surface area contributed by atoms with Crippen LogP contribution in [0.5, 0.6) is 0 Å². The third-order valence-electron chi connectivity index (χ3n) is 2.27. The molecule has 0 bridgehead atoms. The van der Waals surface area contributed by atoms with Crippen molar-refractivity contribution in [2.45, 2.75) is 31.7 Å². The molecular weight excluding hydrogens is 180 g/mol. The zero-order chi connectivity index (χ0) is 9.84. The Morgan fingerprint density at radius 2 is 2.23 bits per heavy atom. The number of carbonyl (C=O) groups is 1. The highest BCUT2D eigenvalue weighted by Crippen LogP contribution is 2.17. The van der Waals surface area contributed by atoms with Crippen LogP contribution in [0.4, 0.5) is 8.78 Å². The van der Waals surface area contributed by atoms with Crippen molar-refractivity contribution < 1.29 is 18.7 Å². The fourth-order valence-corrected chi connectivity index (χ4v) is 1.67. The van der Waals surface area contributed by atoms with Crippen LogP contribution in [0.25, 0.3) is 0 Å². The number of likely N-dealkylation sites (tertiary alicyclic amines) is 1. The zero-order valence-corrected chi connectivity index (χ0v) is 7.25. The average molecular weight is 193 g/mol. The summed E-state index contributed by atoms with van der Waals surface area (Å²) in [6.07, 6.45) is -0.324. The smallest absolute Gasteiger partial charge is 0.320 e. The molecule has 0 aromatic heterocycles. The third kappa shape index (κ3) is 2.91. The Labute approximate surface area is 75.3 Å². The summed E-state index contributed by atoms with van der Waals surface area (Å²) in [4.78, 5) is 12.0. The quantitative estimate of drug-likeness (QED) is 0.731. The minimum atomic E-state index is -2.44. The average Bonchev–Trinajstić information content (AvgIpc) is 2.03. The molecule has 0 spiro atoms. The maximum atomic E-state index is 12.0. The second-order valence-corrected chi connectivity index (χ2v) is 3.24. The minimum Gasteiger partial charge on any atom is -0.480 e. The van der Waals surface area contributed by atoms with E-state index in [9.17, 15) is 13.6 Å². The van der Waals surface area contributed by atoms with Gasteiger partial charge in [-0.25, -0.2) is 8.78 Å². The molecule has 1 heterocycles. The summed E-state index contributed by atoms with van der Waals surface area (Å²) >= 11 is 0. The molecule has 1 aliphatic heterocycles. The third-order valence-corrected chi connectivity index (χ3v) is 2.27. The Morgan fingerprint density at radius 1 is 1.54 bits per heavy atom. The van der Waals surface area contributed by atoms with Gasteiger partial charge in [0.25, 0.3) is 6.43 Å². The van der Waals surface area contributed by atoms with Crippen LogP contribution in [0.1, 0.15) is 19.3 Å². The van der Waals surface area contributed by atoms with Gasteiger partial charge in [0, 0.05) is 0 Å². The number of alkyl halides is 2. The van der Waals surface area contributed by atoms with Gasteiger partial charge in [-0.05, 0) is 19.4 Å². The molecule has 1 atom stereocenters. The van der Waals surface area contributed by atoms with E-state index in [1.54, 1.807) is 0 Å². The van der Waals surface area contributed by atoms with Crippen LogP contribution in [0.3, 0.4) is 0 Å². The topological polar surface area (TPSA) is 40.5 Å². The Hall–Kier alpha value is -0.710. The molecule has 0 unspecified atom stereocenters. The summed E-state index contributed by atoms with van der Waals surface area (Å²) in [5.41, 5.74) is 0. The highest BCUT2D eigenvalue weighted by molar-refractivity contribution is 5.73. The van der Waals surface area contributed by atoms with Crippen LogP contribution in [-0.2, 0) is 4.79 Å². The van der Waals surface area contributed by atoms with Crippen LogP contribution in [0.15, 0.2) is 0 Å². The van der Waals surface area contributed by atoms with Gasteiger partial charge in [0.15, 0.2) is 0 Å². The van der Waals surface area contributed by atoms with Crippen LogP contribution >= 0.6 is 0 Å². The summed E-state index contributed by atoms with van der Waals surface area (Å²) in [7, 11) is 0. The Morgan fingerprint density at radius 3 is 2.77 bits per heavy atom. The number of carboxylic acid groups (broad SMARTS) is 1. The van der Waals surface area contributed by atoms with Gasteiger partial charge in [0.05, 0.1) is 6.54 Å². The monoisotopic (exact) mass is 193 g/mol. The first-order valence-electron chi connectivity index (χ1n) is 4.36. The van der Waals surface area contributed by atoms with Gasteiger partial charge in [-0.3, -0.25) is 9.69 Å². The molecule has 13 heavy (non-hydrogen) atoms. The van der Waals surface area contributed by atoms with Gasteiger partial charge < -0.3 is 5.11 Å². The number of aliphatic carboxylic acids is 1. The van der Waals surface area contributed by atoms with E-state index in [1.165, 1.54) is 4.90 Å². The van der Waals surface area contributed by atoms with Gasteiger partial charge in [-0.1, -0.05) is 6.42 Å². The van der Waals surface area contributed by atoms with Crippen LogP contribution in [0.2, 0.25) is 0 Å². The van der Waals surface area contributed by atoms with Crippen LogP contribution in [0, 0.1) is 0 Å². The molecule has 1 saturated heterocycles. The van der Waals surface area contributed by atoms with Gasteiger partial charge in [0.2, 0.25) is 0 Å². The molecule has 0 amide bonds. The fraction of sp³-hybridized carbons (Fsp3) is 0.875. The molecule has 3 nitrogen and oxygen atoms in total. The Bertz CT molecular complexity index is 187. The zero-order valence-electron chi connectivity index (χ0n) is 7.25. The van der Waals surface area contributed by atoms with Gasteiger partial charge >= 0.3 is 5.97 Å². The van der Waals surface area contributed by atoms with Gasteiger partial charge in [-0.2, -0.15) is 0 Å². The molecular formula is C8H13F2NO2. The van der Waals surface area contributed by atoms with Crippen molar-refractivity contribution in [2.24, 2.45) is 0 Å². The maximum Gasteiger partial charge on any atom is 0.320 e. The first-order valence-corrected chi connectivity index (χ1v) is 4.36. The predicted octanol–water partition coefficient (Wildman–Crippen LogP) is 1.19. The van der Waals surface area contributed by atoms with E-state index < -0.39 is 25.0 Å². The lowest BCUT2D eigenvalue weighted by Gasteiger charge is -2.32. The van der Waals surface area contributed by atoms with E-state index in [0.717, 1.165) is 12.8 Å².